The summed E-state index contributed by atoms with van der Waals surface area (Å²) in [5.41, 5.74) is -2.85. The minimum absolute atomic E-state index is 0.0614. The standard InChI is InChI=1S/C34H44F3N3O6/c1-32(2,3)46-31(43)39-16-14-23(18-22-12-8-7-9-13-22)26(21-39)38-29(41)24-19-27-28(20-25(24)34(35,36)37)45-33(4,5)30(42)40(27)15-10-11-17-44-6/h7-9,12-13,19-20,23,26H,10-11,14-18,21H2,1-6H3,(H,38,41). The molecule has 1 N–H and O–H groups in total. The zero-order chi connectivity index (χ0) is 33.9. The molecule has 2 heterocycles. The molecule has 0 saturated carbocycles. The first kappa shape index (κ1) is 35.1. The van der Waals surface area contributed by atoms with E-state index < -0.39 is 52.5 Å². The number of benzene rings is 2. The highest BCUT2D eigenvalue weighted by molar-refractivity contribution is 6.05. The fraction of sp³-hybridized carbons (Fsp3) is 0.559. The first-order valence-corrected chi connectivity index (χ1v) is 15.6. The molecule has 2 aromatic rings. The van der Waals surface area contributed by atoms with Crippen molar-refractivity contribution in [3.8, 4) is 5.75 Å². The molecule has 2 aromatic carbocycles. The Bertz CT molecular complexity index is 1410. The molecule has 4 rings (SSSR count). The van der Waals surface area contributed by atoms with Crippen LogP contribution in [0.2, 0.25) is 0 Å². The molecule has 252 valence electrons. The summed E-state index contributed by atoms with van der Waals surface area (Å²) in [5.74, 6) is -1.68. The van der Waals surface area contributed by atoms with Gasteiger partial charge in [0.25, 0.3) is 11.8 Å². The number of hydrogen-bond acceptors (Lipinski definition) is 6. The van der Waals surface area contributed by atoms with Crippen LogP contribution in [0.1, 0.15) is 75.4 Å². The molecule has 12 heteroatoms. The molecular weight excluding hydrogens is 603 g/mol. The van der Waals surface area contributed by atoms with Gasteiger partial charge in [0.2, 0.25) is 0 Å². The van der Waals surface area contributed by atoms with Crippen molar-refractivity contribution in [3.63, 3.8) is 0 Å². The summed E-state index contributed by atoms with van der Waals surface area (Å²) in [4.78, 5) is 43.1. The summed E-state index contributed by atoms with van der Waals surface area (Å²) >= 11 is 0. The summed E-state index contributed by atoms with van der Waals surface area (Å²) in [6, 6.07) is 10.8. The zero-order valence-corrected chi connectivity index (χ0v) is 27.3. The van der Waals surface area contributed by atoms with Gasteiger partial charge >= 0.3 is 12.3 Å². The quantitative estimate of drug-likeness (QED) is 0.324. The van der Waals surface area contributed by atoms with Gasteiger partial charge in [0.1, 0.15) is 11.4 Å². The van der Waals surface area contributed by atoms with Gasteiger partial charge in [0.05, 0.1) is 22.9 Å². The van der Waals surface area contributed by atoms with Gasteiger partial charge in [-0.05, 0) is 83.9 Å². The Labute approximate surface area is 268 Å². The lowest BCUT2D eigenvalue weighted by molar-refractivity contribution is -0.138. The van der Waals surface area contributed by atoms with Crippen LogP contribution in [-0.4, -0.2) is 73.4 Å². The van der Waals surface area contributed by atoms with E-state index in [0.29, 0.717) is 38.8 Å². The van der Waals surface area contributed by atoms with Crippen LogP contribution < -0.4 is 15.0 Å². The maximum absolute atomic E-state index is 14.5. The Morgan fingerprint density at radius 2 is 1.78 bits per heavy atom. The lowest BCUT2D eigenvalue weighted by atomic mass is 9.85. The number of likely N-dealkylation sites (tertiary alicyclic amines) is 1. The normalized spacial score (nSPS) is 19.7. The number of piperidine rings is 1. The van der Waals surface area contributed by atoms with Crippen LogP contribution in [0.15, 0.2) is 42.5 Å². The molecule has 2 aliphatic heterocycles. The van der Waals surface area contributed by atoms with Crippen molar-refractivity contribution in [1.82, 2.24) is 10.2 Å². The van der Waals surface area contributed by atoms with Crippen molar-refractivity contribution in [1.29, 1.82) is 0 Å². The largest absolute Gasteiger partial charge is 0.476 e. The maximum Gasteiger partial charge on any atom is 0.417 e. The number of anilines is 1. The van der Waals surface area contributed by atoms with Gasteiger partial charge in [-0.1, -0.05) is 30.3 Å². The van der Waals surface area contributed by atoms with E-state index in [0.717, 1.165) is 17.7 Å². The van der Waals surface area contributed by atoms with E-state index in [9.17, 15) is 27.6 Å². The van der Waals surface area contributed by atoms with Crippen LogP contribution in [0, 0.1) is 5.92 Å². The summed E-state index contributed by atoms with van der Waals surface area (Å²) < 4.78 is 59.9. The SMILES string of the molecule is COCCCCN1C(=O)C(C)(C)Oc2cc(C(F)(F)F)c(C(=O)NC3CN(C(=O)OC(C)(C)C)CCC3Cc3ccccc3)cc21. The van der Waals surface area contributed by atoms with Crippen molar-refractivity contribution in [2.45, 2.75) is 83.7 Å². The number of nitrogens with zero attached hydrogens (tertiary/aromatic N) is 2. The zero-order valence-electron chi connectivity index (χ0n) is 27.3. The number of halogens is 3. The molecule has 1 fully saturated rings. The predicted molar refractivity (Wildman–Crippen MR) is 167 cm³/mol. The first-order valence-electron chi connectivity index (χ1n) is 15.6. The smallest absolute Gasteiger partial charge is 0.417 e. The molecule has 9 nitrogen and oxygen atoms in total. The first-order chi connectivity index (χ1) is 21.5. The lowest BCUT2D eigenvalue weighted by Crippen LogP contribution is -2.55. The second kappa shape index (κ2) is 13.9. The molecule has 0 aliphatic carbocycles. The van der Waals surface area contributed by atoms with E-state index in [1.165, 1.54) is 23.6 Å². The molecule has 1 saturated heterocycles. The number of rotatable bonds is 9. The molecule has 2 unspecified atom stereocenters. The number of hydrogen-bond donors (Lipinski definition) is 1. The second-order valence-corrected chi connectivity index (χ2v) is 13.4. The number of ether oxygens (including phenoxy) is 3. The van der Waals surface area contributed by atoms with Crippen molar-refractivity contribution >= 4 is 23.6 Å². The highest BCUT2D eigenvalue weighted by atomic mass is 19.4. The van der Waals surface area contributed by atoms with Gasteiger partial charge in [-0.15, -0.1) is 0 Å². The van der Waals surface area contributed by atoms with Gasteiger partial charge in [-0.2, -0.15) is 13.2 Å². The second-order valence-electron chi connectivity index (χ2n) is 13.4. The number of unbranched alkanes of at least 4 members (excludes halogenated alkanes) is 1. The van der Waals surface area contributed by atoms with E-state index in [4.69, 9.17) is 14.2 Å². The summed E-state index contributed by atoms with van der Waals surface area (Å²) in [7, 11) is 1.56. The Kier molecular flexibility index (Phi) is 10.6. The van der Waals surface area contributed by atoms with Gasteiger partial charge < -0.3 is 29.3 Å². The number of carbonyl (C=O) groups excluding carboxylic acids is 3. The maximum atomic E-state index is 14.5. The van der Waals surface area contributed by atoms with Crippen LogP contribution in [0.25, 0.3) is 0 Å². The Hall–Kier alpha value is -3.80. The van der Waals surface area contributed by atoms with Crippen LogP contribution in [0.5, 0.6) is 5.75 Å². The monoisotopic (exact) mass is 647 g/mol. The third-order valence-corrected chi connectivity index (χ3v) is 8.11. The number of methoxy groups -OCH3 is 1. The van der Waals surface area contributed by atoms with E-state index in [2.05, 4.69) is 5.32 Å². The molecule has 2 aliphatic rings. The summed E-state index contributed by atoms with van der Waals surface area (Å²) in [5, 5.41) is 2.83. The van der Waals surface area contributed by atoms with Crippen molar-refractivity contribution < 1.29 is 41.8 Å². The molecule has 0 spiro atoms. The minimum atomic E-state index is -4.89. The number of amides is 3. The van der Waals surface area contributed by atoms with Crippen molar-refractivity contribution in [3.05, 3.63) is 59.2 Å². The molecule has 2 atom stereocenters. The average molecular weight is 648 g/mol. The third-order valence-electron chi connectivity index (χ3n) is 8.11. The van der Waals surface area contributed by atoms with Gasteiger partial charge in [-0.25, -0.2) is 4.79 Å². The summed E-state index contributed by atoms with van der Waals surface area (Å²) in [6.07, 6.45) is -3.24. The van der Waals surface area contributed by atoms with Crippen LogP contribution in [0.4, 0.5) is 23.7 Å². The predicted octanol–water partition coefficient (Wildman–Crippen LogP) is 6.23. The third kappa shape index (κ3) is 8.51. The molecule has 0 radical (unpaired) electrons. The van der Waals surface area contributed by atoms with E-state index in [1.54, 1.807) is 27.9 Å². The minimum Gasteiger partial charge on any atom is -0.476 e. The van der Waals surface area contributed by atoms with Crippen LogP contribution >= 0.6 is 0 Å². The van der Waals surface area contributed by atoms with Crippen molar-refractivity contribution in [2.75, 3.05) is 38.3 Å². The van der Waals surface area contributed by atoms with Gasteiger partial charge in [0.15, 0.2) is 5.60 Å². The number of alkyl halides is 3. The van der Waals surface area contributed by atoms with Crippen LogP contribution in [-0.2, 0) is 26.9 Å². The number of nitrogens with one attached hydrogen (secondary N) is 1. The lowest BCUT2D eigenvalue weighted by Gasteiger charge is -2.40. The molecular formula is C34H44F3N3O6. The van der Waals surface area contributed by atoms with E-state index >= 15 is 0 Å². The highest BCUT2D eigenvalue weighted by Gasteiger charge is 2.45. The van der Waals surface area contributed by atoms with Crippen LogP contribution in [0.3, 0.4) is 0 Å². The van der Waals surface area contributed by atoms with Gasteiger partial charge in [0, 0.05) is 33.4 Å². The van der Waals surface area contributed by atoms with Crippen molar-refractivity contribution in [2.24, 2.45) is 5.92 Å². The molecule has 46 heavy (non-hydrogen) atoms. The number of carbonyl (C=O) groups is 3. The Morgan fingerprint density at radius 1 is 1.09 bits per heavy atom. The fourth-order valence-corrected chi connectivity index (χ4v) is 5.84. The molecule has 0 aromatic heterocycles. The summed E-state index contributed by atoms with van der Waals surface area (Å²) in [6.45, 7) is 9.35. The van der Waals surface area contributed by atoms with E-state index in [-0.39, 0.29) is 30.4 Å². The average Bonchev–Trinajstić information content (AvgIpc) is 2.96. The molecule has 0 bridgehead atoms. The highest BCUT2D eigenvalue weighted by Crippen LogP contribution is 2.44. The number of fused-ring (bicyclic) bond motifs is 1. The van der Waals surface area contributed by atoms with Gasteiger partial charge in [-0.3, -0.25) is 9.59 Å². The van der Waals surface area contributed by atoms with E-state index in [1.807, 2.05) is 30.3 Å². The molecule has 3 amide bonds. The topological polar surface area (TPSA) is 97.4 Å². The Balaban J connectivity index is 1.69. The fourth-order valence-electron chi connectivity index (χ4n) is 5.84. The Morgan fingerprint density at radius 3 is 2.41 bits per heavy atom.